The van der Waals surface area contributed by atoms with Crippen LogP contribution in [0.1, 0.15) is 11.6 Å². The Kier molecular flexibility index (Phi) is 6.53. The van der Waals surface area contributed by atoms with Gasteiger partial charge in [0.2, 0.25) is 0 Å². The first kappa shape index (κ1) is 14.1. The molecule has 0 radical (unpaired) electrons. The molecule has 1 aromatic carbocycles. The maximum absolute atomic E-state index is 9.31. The summed E-state index contributed by atoms with van der Waals surface area (Å²) < 4.78 is 6.94. The van der Waals surface area contributed by atoms with E-state index in [9.17, 15) is 5.11 Å². The van der Waals surface area contributed by atoms with Crippen LogP contribution in [0.4, 0.5) is 0 Å². The number of rotatable bonds is 6. The van der Waals surface area contributed by atoms with Crippen LogP contribution in [-0.4, -0.2) is 32.0 Å². The molecule has 2 N–H and O–H groups in total. The van der Waals surface area contributed by atoms with Gasteiger partial charge in [0.05, 0.1) is 19.3 Å². The van der Waals surface area contributed by atoms with Crippen LogP contribution in [0.2, 0.25) is 0 Å². The third kappa shape index (κ3) is 4.14. The molecule has 0 aliphatic heterocycles. The number of aliphatic hydroxyl groups excluding tert-OH is 1. The fourth-order valence-electron chi connectivity index (χ4n) is 1.35. The highest BCUT2D eigenvalue weighted by Crippen LogP contribution is 2.26. The minimum Gasteiger partial charge on any atom is -0.394 e. The number of hydrogen-bond donors (Lipinski definition) is 2. The normalized spacial score (nSPS) is 12.8. The van der Waals surface area contributed by atoms with E-state index in [0.717, 1.165) is 21.1 Å². The van der Waals surface area contributed by atoms with Crippen molar-refractivity contribution in [2.24, 2.45) is 0 Å². The lowest BCUT2D eigenvalue weighted by Gasteiger charge is -2.17. The average molecular weight is 353 g/mol. The van der Waals surface area contributed by atoms with Crippen molar-refractivity contribution in [2.45, 2.75) is 6.04 Å². The predicted octanol–water partition coefficient (Wildman–Crippen LogP) is 2.48. The van der Waals surface area contributed by atoms with Crippen molar-refractivity contribution < 1.29 is 9.84 Å². The molecule has 16 heavy (non-hydrogen) atoms. The first-order valence-corrected chi connectivity index (χ1v) is 6.55. The van der Waals surface area contributed by atoms with Crippen molar-refractivity contribution in [2.75, 3.05) is 26.9 Å². The van der Waals surface area contributed by atoms with Crippen molar-refractivity contribution >= 4 is 31.9 Å². The largest absolute Gasteiger partial charge is 0.394 e. The van der Waals surface area contributed by atoms with Gasteiger partial charge in [0.1, 0.15) is 0 Å². The second kappa shape index (κ2) is 7.40. The minimum atomic E-state index is -0.0560. The molecule has 3 nitrogen and oxygen atoms in total. The third-order valence-corrected chi connectivity index (χ3v) is 4.11. The Hall–Kier alpha value is 0.0600. The Balaban J connectivity index is 2.67. The Bertz CT molecular complexity index is 334. The molecule has 0 heterocycles. The molecule has 1 unspecified atom stereocenters. The summed E-state index contributed by atoms with van der Waals surface area (Å²) in [4.78, 5) is 0. The van der Waals surface area contributed by atoms with Gasteiger partial charge in [-0.25, -0.2) is 0 Å². The topological polar surface area (TPSA) is 41.5 Å². The van der Waals surface area contributed by atoms with Gasteiger partial charge in [0.15, 0.2) is 0 Å². The Morgan fingerprint density at radius 3 is 2.69 bits per heavy atom. The molecule has 0 spiro atoms. The van der Waals surface area contributed by atoms with E-state index in [1.807, 2.05) is 18.2 Å². The van der Waals surface area contributed by atoms with Gasteiger partial charge in [-0.05, 0) is 49.6 Å². The van der Waals surface area contributed by atoms with E-state index in [-0.39, 0.29) is 12.6 Å². The first-order chi connectivity index (χ1) is 7.69. The molecule has 5 heteroatoms. The van der Waals surface area contributed by atoms with Gasteiger partial charge in [-0.1, -0.05) is 6.07 Å². The van der Waals surface area contributed by atoms with Gasteiger partial charge >= 0.3 is 0 Å². The van der Waals surface area contributed by atoms with Gasteiger partial charge in [0, 0.05) is 22.6 Å². The lowest BCUT2D eigenvalue weighted by atomic mass is 10.1. The summed E-state index contributed by atoms with van der Waals surface area (Å²) in [6.07, 6.45) is 0. The number of methoxy groups -OCH3 is 1. The second-order valence-electron chi connectivity index (χ2n) is 3.36. The fourth-order valence-corrected chi connectivity index (χ4v) is 2.00. The monoisotopic (exact) mass is 351 g/mol. The van der Waals surface area contributed by atoms with Crippen LogP contribution in [0.25, 0.3) is 0 Å². The molecular formula is C11H15Br2NO2. The number of ether oxygens (including phenoxy) is 1. The molecule has 0 saturated carbocycles. The number of aliphatic hydroxyl groups is 1. The standard InChI is InChI=1S/C11H15Br2NO2/c1-16-5-4-14-11(7-15)8-2-3-9(12)10(13)6-8/h2-3,6,11,14-15H,4-5,7H2,1H3. The molecule has 90 valence electrons. The number of nitrogens with one attached hydrogen (secondary N) is 1. The average Bonchev–Trinajstić information content (AvgIpc) is 2.29. The quantitative estimate of drug-likeness (QED) is 0.773. The third-order valence-electron chi connectivity index (χ3n) is 2.23. The van der Waals surface area contributed by atoms with E-state index < -0.39 is 0 Å². The van der Waals surface area contributed by atoms with Crippen LogP contribution in [0.15, 0.2) is 27.1 Å². The smallest absolute Gasteiger partial charge is 0.0626 e. The van der Waals surface area contributed by atoms with Gasteiger partial charge in [0.25, 0.3) is 0 Å². The molecule has 0 aromatic heterocycles. The highest BCUT2D eigenvalue weighted by atomic mass is 79.9. The van der Waals surface area contributed by atoms with Crippen molar-refractivity contribution in [1.82, 2.24) is 5.32 Å². The van der Waals surface area contributed by atoms with Gasteiger partial charge < -0.3 is 15.2 Å². The molecule has 1 rings (SSSR count). The number of hydrogen-bond acceptors (Lipinski definition) is 3. The zero-order valence-corrected chi connectivity index (χ0v) is 12.2. The van der Waals surface area contributed by atoms with Gasteiger partial charge in [-0.3, -0.25) is 0 Å². The molecule has 0 bridgehead atoms. The summed E-state index contributed by atoms with van der Waals surface area (Å²) in [5.41, 5.74) is 1.05. The predicted molar refractivity (Wildman–Crippen MR) is 71.5 cm³/mol. The fraction of sp³-hybridized carbons (Fsp3) is 0.455. The van der Waals surface area contributed by atoms with Crippen LogP contribution in [0.5, 0.6) is 0 Å². The molecule has 1 atom stereocenters. The lowest BCUT2D eigenvalue weighted by Crippen LogP contribution is -2.27. The summed E-state index contributed by atoms with van der Waals surface area (Å²) in [5, 5.41) is 12.5. The molecular weight excluding hydrogens is 338 g/mol. The first-order valence-electron chi connectivity index (χ1n) is 4.97. The Morgan fingerprint density at radius 2 is 2.12 bits per heavy atom. The molecule has 0 amide bonds. The Morgan fingerprint density at radius 1 is 1.38 bits per heavy atom. The van der Waals surface area contributed by atoms with Crippen LogP contribution < -0.4 is 5.32 Å². The highest BCUT2D eigenvalue weighted by Gasteiger charge is 2.10. The van der Waals surface area contributed by atoms with Crippen molar-refractivity contribution in [3.63, 3.8) is 0 Å². The zero-order valence-electron chi connectivity index (χ0n) is 9.04. The summed E-state index contributed by atoms with van der Waals surface area (Å²) in [6.45, 7) is 1.42. The molecule has 0 aliphatic carbocycles. The second-order valence-corrected chi connectivity index (χ2v) is 5.06. The van der Waals surface area contributed by atoms with E-state index >= 15 is 0 Å². The van der Waals surface area contributed by atoms with Crippen LogP contribution in [0, 0.1) is 0 Å². The van der Waals surface area contributed by atoms with E-state index in [4.69, 9.17) is 4.74 Å². The van der Waals surface area contributed by atoms with Crippen molar-refractivity contribution in [3.8, 4) is 0 Å². The van der Waals surface area contributed by atoms with Crippen LogP contribution >= 0.6 is 31.9 Å². The maximum Gasteiger partial charge on any atom is 0.0626 e. The van der Waals surface area contributed by atoms with Crippen LogP contribution in [0.3, 0.4) is 0 Å². The lowest BCUT2D eigenvalue weighted by molar-refractivity contribution is 0.184. The van der Waals surface area contributed by atoms with E-state index in [1.54, 1.807) is 7.11 Å². The Labute approximate surface area is 112 Å². The minimum absolute atomic E-state index is 0.0560. The molecule has 1 aromatic rings. The number of halogens is 2. The molecule has 0 saturated heterocycles. The summed E-state index contributed by atoms with van der Waals surface area (Å²) in [5.74, 6) is 0. The van der Waals surface area contributed by atoms with E-state index in [1.165, 1.54) is 0 Å². The van der Waals surface area contributed by atoms with E-state index in [2.05, 4.69) is 37.2 Å². The maximum atomic E-state index is 9.31. The molecule has 0 fully saturated rings. The van der Waals surface area contributed by atoms with Gasteiger partial charge in [-0.2, -0.15) is 0 Å². The van der Waals surface area contributed by atoms with E-state index in [0.29, 0.717) is 6.61 Å². The molecule has 0 aliphatic rings. The summed E-state index contributed by atoms with van der Waals surface area (Å²) in [7, 11) is 1.66. The van der Waals surface area contributed by atoms with Crippen molar-refractivity contribution in [1.29, 1.82) is 0 Å². The van der Waals surface area contributed by atoms with Crippen LogP contribution in [-0.2, 0) is 4.74 Å². The van der Waals surface area contributed by atoms with Crippen molar-refractivity contribution in [3.05, 3.63) is 32.7 Å². The summed E-state index contributed by atoms with van der Waals surface area (Å²) >= 11 is 6.86. The number of benzene rings is 1. The SMILES string of the molecule is COCCNC(CO)c1ccc(Br)c(Br)c1. The highest BCUT2D eigenvalue weighted by molar-refractivity contribution is 9.13. The summed E-state index contributed by atoms with van der Waals surface area (Å²) in [6, 6.07) is 5.87. The van der Waals surface area contributed by atoms with Gasteiger partial charge in [-0.15, -0.1) is 0 Å². The zero-order chi connectivity index (χ0) is 12.0.